The lowest BCUT2D eigenvalue weighted by atomic mass is 9.94. The van der Waals surface area contributed by atoms with Crippen molar-refractivity contribution in [3.63, 3.8) is 0 Å². The normalized spacial score (nSPS) is 11.4. The fraction of sp³-hybridized carbons (Fsp3) is 0. The monoisotopic (exact) mass is 601 g/mol. The maximum atomic E-state index is 6.40. The smallest absolute Gasteiger partial charge is 0.164 e. The third kappa shape index (κ3) is 4.84. The number of hydrogen-bond acceptors (Lipinski definition) is 4. The Balaban J connectivity index is 1.20. The lowest BCUT2D eigenvalue weighted by Gasteiger charge is -2.10. The maximum Gasteiger partial charge on any atom is 0.164 e. The van der Waals surface area contributed by atoms with Crippen LogP contribution in [0.25, 0.3) is 89.1 Å². The fourth-order valence-electron chi connectivity index (χ4n) is 6.48. The third-order valence-electron chi connectivity index (χ3n) is 8.73. The van der Waals surface area contributed by atoms with Gasteiger partial charge in [-0.05, 0) is 57.3 Å². The first-order chi connectivity index (χ1) is 23.3. The first kappa shape index (κ1) is 27.0. The number of aromatic nitrogens is 3. The minimum atomic E-state index is 0.627. The number of nitrogens with zero attached hydrogens (tertiary/aromatic N) is 3. The summed E-state index contributed by atoms with van der Waals surface area (Å²) in [5.74, 6) is 1.91. The van der Waals surface area contributed by atoms with Crippen LogP contribution in [0.15, 0.2) is 168 Å². The van der Waals surface area contributed by atoms with Crippen molar-refractivity contribution in [1.82, 2.24) is 15.0 Å². The van der Waals surface area contributed by atoms with E-state index in [2.05, 4.69) is 97.1 Å². The zero-order chi connectivity index (χ0) is 31.2. The van der Waals surface area contributed by atoms with Crippen molar-refractivity contribution in [2.75, 3.05) is 0 Å². The van der Waals surface area contributed by atoms with Crippen LogP contribution >= 0.6 is 0 Å². The molecule has 9 rings (SSSR count). The molecule has 0 N–H and O–H groups in total. The van der Waals surface area contributed by atoms with E-state index in [0.717, 1.165) is 55.3 Å². The molecule has 0 aliphatic rings. The van der Waals surface area contributed by atoms with Crippen molar-refractivity contribution < 1.29 is 4.42 Å². The lowest BCUT2D eigenvalue weighted by Crippen LogP contribution is -2.00. The van der Waals surface area contributed by atoms with Gasteiger partial charge in [0.05, 0.1) is 0 Å². The third-order valence-corrected chi connectivity index (χ3v) is 8.73. The van der Waals surface area contributed by atoms with Crippen molar-refractivity contribution >= 4 is 32.7 Å². The highest BCUT2D eigenvalue weighted by atomic mass is 16.3. The van der Waals surface area contributed by atoms with E-state index in [4.69, 9.17) is 19.4 Å². The summed E-state index contributed by atoms with van der Waals surface area (Å²) in [6, 6.07) is 56.4. The minimum absolute atomic E-state index is 0.627. The number of benzene rings is 7. The molecule has 47 heavy (non-hydrogen) atoms. The molecule has 0 radical (unpaired) electrons. The quantitative estimate of drug-likeness (QED) is 0.197. The molecule has 0 spiro atoms. The standard InChI is InChI=1S/C43H27N3O/c1-3-13-29(14-4-1)41-44-42(30-15-5-2-6-16-30)46-43(45-41)33-19-9-18-31(26-33)36-22-11-23-39-40(36)37-27-32(24-25-38(37)47-39)35-21-10-17-28-12-7-8-20-34(28)35/h1-27H. The average Bonchev–Trinajstić information content (AvgIpc) is 3.53. The highest BCUT2D eigenvalue weighted by Gasteiger charge is 2.17. The Labute approximate surface area is 271 Å². The van der Waals surface area contributed by atoms with Crippen LogP contribution in [0.2, 0.25) is 0 Å². The SMILES string of the molecule is c1ccc(-c2nc(-c3ccccc3)nc(-c3cccc(-c4cccc5oc6ccc(-c7cccc8ccccc78)cc6c45)c3)n2)cc1. The van der Waals surface area contributed by atoms with Gasteiger partial charge in [0.1, 0.15) is 11.2 Å². The Morgan fingerprint density at radius 2 is 0.894 bits per heavy atom. The summed E-state index contributed by atoms with van der Waals surface area (Å²) in [5, 5.41) is 4.64. The van der Waals surface area contributed by atoms with Crippen LogP contribution in [-0.2, 0) is 0 Å². The van der Waals surface area contributed by atoms with E-state index in [1.807, 2.05) is 66.7 Å². The summed E-state index contributed by atoms with van der Waals surface area (Å²) in [6.07, 6.45) is 0. The van der Waals surface area contributed by atoms with Crippen LogP contribution in [-0.4, -0.2) is 15.0 Å². The first-order valence-corrected chi connectivity index (χ1v) is 15.7. The van der Waals surface area contributed by atoms with Crippen LogP contribution in [0.4, 0.5) is 0 Å². The second-order valence-corrected chi connectivity index (χ2v) is 11.6. The van der Waals surface area contributed by atoms with E-state index in [0.29, 0.717) is 17.5 Å². The second kappa shape index (κ2) is 11.2. The molecule has 0 unspecified atom stereocenters. The predicted octanol–water partition coefficient (Wildman–Crippen LogP) is 11.3. The molecule has 9 aromatic rings. The number of hydrogen-bond donors (Lipinski definition) is 0. The van der Waals surface area contributed by atoms with E-state index in [1.165, 1.54) is 16.3 Å². The van der Waals surface area contributed by atoms with E-state index in [1.54, 1.807) is 0 Å². The maximum absolute atomic E-state index is 6.40. The first-order valence-electron chi connectivity index (χ1n) is 15.7. The Kier molecular flexibility index (Phi) is 6.43. The van der Waals surface area contributed by atoms with E-state index < -0.39 is 0 Å². The molecule has 4 nitrogen and oxygen atoms in total. The van der Waals surface area contributed by atoms with E-state index >= 15 is 0 Å². The van der Waals surface area contributed by atoms with Gasteiger partial charge in [-0.1, -0.05) is 140 Å². The van der Waals surface area contributed by atoms with Gasteiger partial charge in [0.15, 0.2) is 17.5 Å². The minimum Gasteiger partial charge on any atom is -0.456 e. The van der Waals surface area contributed by atoms with Gasteiger partial charge >= 0.3 is 0 Å². The summed E-state index contributed by atoms with van der Waals surface area (Å²) in [4.78, 5) is 14.8. The van der Waals surface area contributed by atoms with Crippen molar-refractivity contribution in [2.24, 2.45) is 0 Å². The predicted molar refractivity (Wildman–Crippen MR) is 192 cm³/mol. The summed E-state index contributed by atoms with van der Waals surface area (Å²) in [5.41, 5.74) is 9.06. The molecule has 0 bridgehead atoms. The molecule has 0 fully saturated rings. The topological polar surface area (TPSA) is 51.8 Å². The van der Waals surface area contributed by atoms with Gasteiger partial charge in [-0.15, -0.1) is 0 Å². The number of fused-ring (bicyclic) bond motifs is 4. The van der Waals surface area contributed by atoms with Gasteiger partial charge in [0.2, 0.25) is 0 Å². The molecule has 0 amide bonds. The molecule has 220 valence electrons. The molecule has 0 atom stereocenters. The van der Waals surface area contributed by atoms with Gasteiger partial charge in [-0.2, -0.15) is 0 Å². The second-order valence-electron chi connectivity index (χ2n) is 11.6. The summed E-state index contributed by atoms with van der Waals surface area (Å²) in [6.45, 7) is 0. The molecule has 2 aromatic heterocycles. The molecule has 0 aliphatic carbocycles. The fourth-order valence-corrected chi connectivity index (χ4v) is 6.48. The highest BCUT2D eigenvalue weighted by Crippen LogP contribution is 2.40. The summed E-state index contributed by atoms with van der Waals surface area (Å²) >= 11 is 0. The van der Waals surface area contributed by atoms with Crippen LogP contribution < -0.4 is 0 Å². The number of rotatable bonds is 5. The molecule has 2 heterocycles. The van der Waals surface area contributed by atoms with E-state index in [9.17, 15) is 0 Å². The zero-order valence-electron chi connectivity index (χ0n) is 25.3. The van der Waals surface area contributed by atoms with Crippen LogP contribution in [0.5, 0.6) is 0 Å². The molecule has 4 heteroatoms. The van der Waals surface area contributed by atoms with Crippen LogP contribution in [0, 0.1) is 0 Å². The molecule has 0 aliphatic heterocycles. The largest absolute Gasteiger partial charge is 0.456 e. The van der Waals surface area contributed by atoms with Crippen molar-refractivity contribution in [3.05, 3.63) is 164 Å². The molecular weight excluding hydrogens is 574 g/mol. The molecule has 0 saturated carbocycles. The van der Waals surface area contributed by atoms with Crippen molar-refractivity contribution in [3.8, 4) is 56.4 Å². The average molecular weight is 602 g/mol. The Bertz CT molecular complexity index is 2510. The number of furan rings is 1. The Morgan fingerprint density at radius 3 is 1.66 bits per heavy atom. The molecular formula is C43H27N3O. The molecule has 0 saturated heterocycles. The van der Waals surface area contributed by atoms with E-state index in [-0.39, 0.29) is 0 Å². The van der Waals surface area contributed by atoms with Crippen molar-refractivity contribution in [2.45, 2.75) is 0 Å². The van der Waals surface area contributed by atoms with Gasteiger partial charge in [0.25, 0.3) is 0 Å². The molecule has 7 aromatic carbocycles. The Morgan fingerprint density at radius 1 is 0.340 bits per heavy atom. The lowest BCUT2D eigenvalue weighted by molar-refractivity contribution is 0.669. The van der Waals surface area contributed by atoms with Gasteiger partial charge < -0.3 is 4.42 Å². The van der Waals surface area contributed by atoms with Crippen molar-refractivity contribution in [1.29, 1.82) is 0 Å². The highest BCUT2D eigenvalue weighted by molar-refractivity contribution is 6.14. The van der Waals surface area contributed by atoms with Gasteiger partial charge in [-0.25, -0.2) is 15.0 Å². The Hall–Kier alpha value is -6.39. The van der Waals surface area contributed by atoms with Crippen LogP contribution in [0.3, 0.4) is 0 Å². The zero-order valence-corrected chi connectivity index (χ0v) is 25.3. The van der Waals surface area contributed by atoms with Gasteiger partial charge in [0, 0.05) is 27.5 Å². The van der Waals surface area contributed by atoms with Crippen LogP contribution in [0.1, 0.15) is 0 Å². The summed E-state index contributed by atoms with van der Waals surface area (Å²) < 4.78 is 6.40. The summed E-state index contributed by atoms with van der Waals surface area (Å²) in [7, 11) is 0. The van der Waals surface area contributed by atoms with Gasteiger partial charge in [-0.3, -0.25) is 0 Å².